The molecular weight excluding hydrogens is 538 g/mol. The number of aliphatic carboxylic acids is 2. The molecule has 2 N–H and O–H groups in total. The van der Waals surface area contributed by atoms with Crippen LogP contribution in [-0.2, 0) is 25.5 Å². The van der Waals surface area contributed by atoms with E-state index in [0.29, 0.717) is 30.2 Å². The average molecular weight is 586 g/mol. The van der Waals surface area contributed by atoms with E-state index in [9.17, 15) is 19.5 Å². The van der Waals surface area contributed by atoms with Gasteiger partial charge in [-0.1, -0.05) is 43.6 Å². The number of carboxylic acid groups (broad SMARTS) is 2. The van der Waals surface area contributed by atoms with Gasteiger partial charge >= 0.3 is 11.9 Å². The van der Waals surface area contributed by atoms with Crippen molar-refractivity contribution in [3.05, 3.63) is 59.2 Å². The number of carboxylic acids is 2. The molecule has 1 aromatic carbocycles. The Labute approximate surface area is 249 Å². The van der Waals surface area contributed by atoms with Crippen LogP contribution in [0.3, 0.4) is 0 Å². The summed E-state index contributed by atoms with van der Waals surface area (Å²) in [5, 5.41) is 17.2. The second-order valence-corrected chi connectivity index (χ2v) is 11.0. The van der Waals surface area contributed by atoms with Crippen molar-refractivity contribution in [2.45, 2.75) is 71.6 Å². The van der Waals surface area contributed by atoms with E-state index in [4.69, 9.17) is 19.3 Å². The van der Waals surface area contributed by atoms with Crippen LogP contribution in [0.15, 0.2) is 48.1 Å². The Morgan fingerprint density at radius 2 is 1.86 bits per heavy atom. The summed E-state index contributed by atoms with van der Waals surface area (Å²) in [5.74, 6) is -1.09. The van der Waals surface area contributed by atoms with Gasteiger partial charge in [-0.05, 0) is 69.2 Å². The number of ether oxygens (including phenoxy) is 3. The quantitative estimate of drug-likeness (QED) is 0.119. The lowest BCUT2D eigenvalue weighted by atomic mass is 9.73. The molecule has 9 heteroatoms. The van der Waals surface area contributed by atoms with Crippen LogP contribution in [0.1, 0.15) is 76.3 Å². The fourth-order valence-electron chi connectivity index (χ4n) is 5.37. The molecule has 0 amide bonds. The van der Waals surface area contributed by atoms with E-state index in [-0.39, 0.29) is 11.9 Å². The minimum atomic E-state index is -1.51. The fraction of sp³-hybridized carbons (Fsp3) is 0.545. The number of hydrogen-bond acceptors (Lipinski definition) is 7. The number of morpholine rings is 1. The molecule has 232 valence electrons. The molecule has 42 heavy (non-hydrogen) atoms. The van der Waals surface area contributed by atoms with Gasteiger partial charge in [0.15, 0.2) is 0 Å². The molecule has 0 bridgehead atoms. The zero-order valence-electron chi connectivity index (χ0n) is 25.5. The number of esters is 1. The Morgan fingerprint density at radius 1 is 1.17 bits per heavy atom. The molecule has 1 heterocycles. The predicted octanol–water partition coefficient (Wildman–Crippen LogP) is 3.03. The molecule has 0 radical (unpaired) electrons. The van der Waals surface area contributed by atoms with E-state index < -0.39 is 11.9 Å². The molecular formula is C33H47NO8. The summed E-state index contributed by atoms with van der Waals surface area (Å²) < 4.78 is 17.5. The Kier molecular flexibility index (Phi) is 15.1. The highest BCUT2D eigenvalue weighted by Gasteiger charge is 2.32. The normalized spacial score (nSPS) is 18.9. The standard InChI is InChI=1S/C29H43NO4.C4H4O4/c1-6-7-8-9-23-19-26(32-5)29(25-18-22(4)10-11-24(25)21(2)3)27(20-23)34-28(31)12-13-30-14-16-33-17-15-30;5-3(6)1-2-4(7)8/h18-20,24-25H,2,6-17H2,1,3-5H3;1-2H,(H,5,6)(H,7,8)/b;2-1-. The number of aryl methyl sites for hydroxylation is 1. The summed E-state index contributed by atoms with van der Waals surface area (Å²) in [6.07, 6.45) is 10.2. The number of quaternary nitrogens is 1. The molecule has 9 nitrogen and oxygen atoms in total. The third-order valence-corrected chi connectivity index (χ3v) is 7.63. The molecule has 1 fully saturated rings. The first-order valence-corrected chi connectivity index (χ1v) is 14.8. The highest BCUT2D eigenvalue weighted by molar-refractivity contribution is 5.88. The monoisotopic (exact) mass is 585 g/mol. The maximum Gasteiger partial charge on any atom is 0.328 e. The summed E-state index contributed by atoms with van der Waals surface area (Å²) in [5.41, 5.74) is 4.68. The van der Waals surface area contributed by atoms with Gasteiger partial charge in [0.1, 0.15) is 24.6 Å². The first-order chi connectivity index (χ1) is 20.0. The molecule has 2 atom stereocenters. The highest BCUT2D eigenvalue weighted by Crippen LogP contribution is 2.47. The van der Waals surface area contributed by atoms with Crippen molar-refractivity contribution in [1.29, 1.82) is 0 Å². The van der Waals surface area contributed by atoms with E-state index >= 15 is 0 Å². The lowest BCUT2D eigenvalue weighted by Crippen LogP contribution is -3.14. The molecule has 1 aromatic rings. The van der Waals surface area contributed by atoms with Crippen molar-refractivity contribution in [3.8, 4) is 11.5 Å². The zero-order chi connectivity index (χ0) is 31.1. The molecule has 0 aromatic heterocycles. The first kappa shape index (κ1) is 34.8. The van der Waals surface area contributed by atoms with Gasteiger partial charge in [0, 0.05) is 17.6 Å². The fourth-order valence-corrected chi connectivity index (χ4v) is 5.37. The lowest BCUT2D eigenvalue weighted by Gasteiger charge is -2.32. The Bertz CT molecular complexity index is 1120. The number of carbonyl (C=O) groups is 3. The zero-order valence-corrected chi connectivity index (χ0v) is 25.5. The molecule has 0 spiro atoms. The summed E-state index contributed by atoms with van der Waals surface area (Å²) in [4.78, 5) is 33.4. The van der Waals surface area contributed by atoms with Crippen LogP contribution in [0.4, 0.5) is 0 Å². The summed E-state index contributed by atoms with van der Waals surface area (Å²) in [6, 6.07) is 4.23. The predicted molar refractivity (Wildman–Crippen MR) is 159 cm³/mol. The number of methoxy groups -OCH3 is 1. The van der Waals surface area contributed by atoms with Gasteiger partial charge in [-0.3, -0.25) is 4.79 Å². The third-order valence-electron chi connectivity index (χ3n) is 7.63. The molecule has 0 saturated carbocycles. The van der Waals surface area contributed by atoms with Crippen molar-refractivity contribution in [2.24, 2.45) is 5.92 Å². The maximum atomic E-state index is 13.0. The molecule has 3 rings (SSSR count). The van der Waals surface area contributed by atoms with E-state index in [0.717, 1.165) is 75.4 Å². The summed E-state index contributed by atoms with van der Waals surface area (Å²) in [6.45, 7) is 15.0. The molecule has 2 aliphatic rings. The summed E-state index contributed by atoms with van der Waals surface area (Å²) >= 11 is 0. The van der Waals surface area contributed by atoms with Gasteiger partial charge < -0.3 is 34.1 Å². The number of unbranched alkanes of at least 4 members (excludes halogenated alkanes) is 2. The first-order valence-electron chi connectivity index (χ1n) is 14.8. The molecule has 1 aliphatic carbocycles. The number of hydrogen-bond donors (Lipinski definition) is 2. The van der Waals surface area contributed by atoms with Crippen LogP contribution < -0.4 is 19.5 Å². The maximum absolute atomic E-state index is 13.0. The van der Waals surface area contributed by atoms with Crippen molar-refractivity contribution >= 4 is 17.9 Å². The van der Waals surface area contributed by atoms with Crippen LogP contribution in [-0.4, -0.2) is 63.0 Å². The van der Waals surface area contributed by atoms with Crippen LogP contribution in [0.2, 0.25) is 0 Å². The van der Waals surface area contributed by atoms with Crippen LogP contribution in [0, 0.1) is 5.92 Å². The van der Waals surface area contributed by atoms with Crippen LogP contribution in [0.5, 0.6) is 11.5 Å². The number of nitrogens with one attached hydrogen (secondary N) is 1. The highest BCUT2D eigenvalue weighted by atomic mass is 16.5. The molecule has 1 saturated heterocycles. The van der Waals surface area contributed by atoms with Crippen LogP contribution in [0.25, 0.3) is 0 Å². The molecule has 2 unspecified atom stereocenters. The number of benzene rings is 1. The minimum Gasteiger partial charge on any atom is -0.545 e. The van der Waals surface area contributed by atoms with Crippen molar-refractivity contribution in [3.63, 3.8) is 0 Å². The smallest absolute Gasteiger partial charge is 0.328 e. The van der Waals surface area contributed by atoms with Crippen molar-refractivity contribution < 1.29 is 43.7 Å². The number of rotatable bonds is 13. The number of allylic oxidation sites excluding steroid dienone is 3. The van der Waals surface area contributed by atoms with Gasteiger partial charge in [0.2, 0.25) is 0 Å². The SMILES string of the molecule is C=C(C)C1CCC(C)=CC1c1c(OC)cc(CCCCC)cc1OC(=O)CC[NH+]1CCOCC1.O=C([O-])/C=C\C(=O)O. The van der Waals surface area contributed by atoms with Gasteiger partial charge in [-0.25, -0.2) is 4.79 Å². The van der Waals surface area contributed by atoms with E-state index in [1.807, 2.05) is 0 Å². The topological polar surface area (TPSA) is 127 Å². The van der Waals surface area contributed by atoms with Gasteiger partial charge in [-0.2, -0.15) is 0 Å². The second kappa shape index (κ2) is 18.2. The Balaban J connectivity index is 0.000000675. The average Bonchev–Trinajstić information content (AvgIpc) is 2.95. The lowest BCUT2D eigenvalue weighted by molar-refractivity contribution is -0.907. The third kappa shape index (κ3) is 11.8. The van der Waals surface area contributed by atoms with Crippen molar-refractivity contribution in [1.82, 2.24) is 0 Å². The van der Waals surface area contributed by atoms with Crippen LogP contribution >= 0.6 is 0 Å². The Hall–Kier alpha value is -3.43. The van der Waals surface area contributed by atoms with Gasteiger partial charge in [0.05, 0.1) is 39.3 Å². The van der Waals surface area contributed by atoms with Gasteiger partial charge in [-0.15, -0.1) is 0 Å². The largest absolute Gasteiger partial charge is 0.545 e. The van der Waals surface area contributed by atoms with E-state index in [1.165, 1.54) is 28.9 Å². The van der Waals surface area contributed by atoms with Crippen molar-refractivity contribution in [2.75, 3.05) is 40.0 Å². The second-order valence-electron chi connectivity index (χ2n) is 11.0. The Morgan fingerprint density at radius 3 is 2.43 bits per heavy atom. The minimum absolute atomic E-state index is 0.0959. The number of carbonyl (C=O) groups excluding carboxylic acids is 2. The summed E-state index contributed by atoms with van der Waals surface area (Å²) in [7, 11) is 1.72. The van der Waals surface area contributed by atoms with E-state index in [1.54, 1.807) is 7.11 Å². The molecule has 1 aliphatic heterocycles. The van der Waals surface area contributed by atoms with Gasteiger partial charge in [0.25, 0.3) is 0 Å². The van der Waals surface area contributed by atoms with E-state index in [2.05, 4.69) is 45.6 Å².